The van der Waals surface area contributed by atoms with Crippen molar-refractivity contribution in [1.82, 2.24) is 5.32 Å². The van der Waals surface area contributed by atoms with Gasteiger partial charge in [-0.15, -0.1) is 0 Å². The molecule has 0 aliphatic carbocycles. The Balaban J connectivity index is 1.87. The fourth-order valence-electron chi connectivity index (χ4n) is 2.15. The van der Waals surface area contributed by atoms with E-state index in [0.29, 0.717) is 13.2 Å². The molecular formula is C15H20N2O2. The van der Waals surface area contributed by atoms with Crippen molar-refractivity contribution in [2.75, 3.05) is 13.3 Å². The van der Waals surface area contributed by atoms with Crippen LogP contribution >= 0.6 is 0 Å². The van der Waals surface area contributed by atoms with Gasteiger partial charge < -0.3 is 14.8 Å². The zero-order valence-corrected chi connectivity index (χ0v) is 11.5. The molecule has 102 valence electrons. The maximum atomic E-state index is 8.64. The maximum absolute atomic E-state index is 8.64. The zero-order valence-electron chi connectivity index (χ0n) is 11.5. The van der Waals surface area contributed by atoms with Gasteiger partial charge in [0.15, 0.2) is 11.5 Å². The van der Waals surface area contributed by atoms with E-state index in [4.69, 9.17) is 14.7 Å². The second-order valence-corrected chi connectivity index (χ2v) is 5.58. The van der Waals surface area contributed by atoms with E-state index >= 15 is 0 Å². The second kappa shape index (κ2) is 5.94. The fraction of sp³-hybridized carbons (Fsp3) is 0.533. The lowest BCUT2D eigenvalue weighted by atomic mass is 9.88. The molecule has 0 atom stereocenters. The quantitative estimate of drug-likeness (QED) is 0.854. The Kier molecular flexibility index (Phi) is 4.28. The number of ether oxygens (including phenoxy) is 2. The van der Waals surface area contributed by atoms with Gasteiger partial charge in [0.05, 0.1) is 6.07 Å². The highest BCUT2D eigenvalue weighted by Crippen LogP contribution is 2.35. The first kappa shape index (κ1) is 13.7. The van der Waals surface area contributed by atoms with Crippen molar-refractivity contribution in [1.29, 1.82) is 5.26 Å². The molecule has 4 heteroatoms. The molecule has 0 fully saturated rings. The second-order valence-electron chi connectivity index (χ2n) is 5.58. The average molecular weight is 260 g/mol. The first-order valence-electron chi connectivity index (χ1n) is 6.57. The molecule has 0 aromatic heterocycles. The highest BCUT2D eigenvalue weighted by molar-refractivity contribution is 5.48. The van der Waals surface area contributed by atoms with Gasteiger partial charge >= 0.3 is 0 Å². The van der Waals surface area contributed by atoms with Crippen LogP contribution in [0.15, 0.2) is 18.2 Å². The SMILES string of the molecule is CC(C)(CCC#N)CNCc1cccc2c1OCO2. The molecule has 4 nitrogen and oxygen atoms in total. The molecule has 2 rings (SSSR count). The molecule has 0 unspecified atom stereocenters. The molecule has 1 aromatic carbocycles. The molecule has 1 heterocycles. The van der Waals surface area contributed by atoms with Gasteiger partial charge in [-0.1, -0.05) is 26.0 Å². The molecule has 0 radical (unpaired) electrons. The van der Waals surface area contributed by atoms with Crippen molar-refractivity contribution in [3.8, 4) is 17.6 Å². The Hall–Kier alpha value is -1.73. The standard InChI is InChI=1S/C15H20N2O2/c1-15(2,7-4-8-16)10-17-9-12-5-3-6-13-14(12)19-11-18-13/h3,5-6,17H,4,7,9-11H2,1-2H3. The number of nitrogens with one attached hydrogen (secondary N) is 1. The van der Waals surface area contributed by atoms with Crippen LogP contribution < -0.4 is 14.8 Å². The normalized spacial score (nSPS) is 13.3. The Morgan fingerprint density at radius 1 is 1.37 bits per heavy atom. The largest absolute Gasteiger partial charge is 0.454 e. The third kappa shape index (κ3) is 3.62. The number of benzene rings is 1. The number of nitrogens with zero attached hydrogens (tertiary/aromatic N) is 1. The number of para-hydroxylation sites is 1. The van der Waals surface area contributed by atoms with E-state index in [-0.39, 0.29) is 5.41 Å². The summed E-state index contributed by atoms with van der Waals surface area (Å²) in [4.78, 5) is 0. The van der Waals surface area contributed by atoms with Crippen molar-refractivity contribution in [2.45, 2.75) is 33.2 Å². The summed E-state index contributed by atoms with van der Waals surface area (Å²) in [5.74, 6) is 1.67. The molecule has 19 heavy (non-hydrogen) atoms. The van der Waals surface area contributed by atoms with Crippen LogP contribution in [-0.4, -0.2) is 13.3 Å². The number of rotatable bonds is 6. The molecule has 1 aliphatic rings. The molecule has 0 bridgehead atoms. The number of hydrogen-bond acceptors (Lipinski definition) is 4. The van der Waals surface area contributed by atoms with Crippen LogP contribution in [-0.2, 0) is 6.54 Å². The summed E-state index contributed by atoms with van der Waals surface area (Å²) < 4.78 is 10.8. The summed E-state index contributed by atoms with van der Waals surface area (Å²) in [5.41, 5.74) is 1.25. The number of fused-ring (bicyclic) bond motifs is 1. The summed E-state index contributed by atoms with van der Waals surface area (Å²) in [6, 6.07) is 8.14. The Morgan fingerprint density at radius 2 is 2.21 bits per heavy atom. The molecule has 0 spiro atoms. The van der Waals surface area contributed by atoms with Crippen LogP contribution in [0, 0.1) is 16.7 Å². The summed E-state index contributed by atoms with van der Waals surface area (Å²) in [5, 5.41) is 12.1. The van der Waals surface area contributed by atoms with Gasteiger partial charge in [0, 0.05) is 25.1 Å². The highest BCUT2D eigenvalue weighted by Gasteiger charge is 2.19. The summed E-state index contributed by atoms with van der Waals surface area (Å²) in [6.07, 6.45) is 1.51. The van der Waals surface area contributed by atoms with E-state index in [9.17, 15) is 0 Å². The lowest BCUT2D eigenvalue weighted by Crippen LogP contribution is -2.29. The summed E-state index contributed by atoms with van der Waals surface area (Å²) in [6.45, 7) is 6.28. The van der Waals surface area contributed by atoms with Gasteiger partial charge in [-0.05, 0) is 17.9 Å². The van der Waals surface area contributed by atoms with E-state index < -0.39 is 0 Å². The molecule has 1 N–H and O–H groups in total. The lowest BCUT2D eigenvalue weighted by molar-refractivity contribution is 0.173. The topological polar surface area (TPSA) is 54.3 Å². The average Bonchev–Trinajstić information content (AvgIpc) is 2.85. The van der Waals surface area contributed by atoms with Gasteiger partial charge in [-0.2, -0.15) is 5.26 Å². The fourth-order valence-corrected chi connectivity index (χ4v) is 2.15. The lowest BCUT2D eigenvalue weighted by Gasteiger charge is -2.24. The van der Waals surface area contributed by atoms with Crippen molar-refractivity contribution >= 4 is 0 Å². The van der Waals surface area contributed by atoms with Gasteiger partial charge in [-0.25, -0.2) is 0 Å². The van der Waals surface area contributed by atoms with Crippen molar-refractivity contribution in [2.24, 2.45) is 5.41 Å². The van der Waals surface area contributed by atoms with Crippen molar-refractivity contribution in [3.05, 3.63) is 23.8 Å². The number of nitriles is 1. The zero-order chi connectivity index (χ0) is 13.7. The van der Waals surface area contributed by atoms with Crippen LogP contribution in [0.3, 0.4) is 0 Å². The minimum Gasteiger partial charge on any atom is -0.454 e. The molecular weight excluding hydrogens is 240 g/mol. The third-order valence-electron chi connectivity index (χ3n) is 3.31. The van der Waals surface area contributed by atoms with Crippen LogP contribution in [0.5, 0.6) is 11.5 Å². The summed E-state index contributed by atoms with van der Waals surface area (Å²) in [7, 11) is 0. The molecule has 0 saturated heterocycles. The van der Waals surface area contributed by atoms with Crippen molar-refractivity contribution < 1.29 is 9.47 Å². The van der Waals surface area contributed by atoms with E-state index in [2.05, 4.69) is 25.2 Å². The van der Waals surface area contributed by atoms with Crippen LogP contribution in [0.2, 0.25) is 0 Å². The molecule has 1 aromatic rings. The van der Waals surface area contributed by atoms with E-state index in [1.54, 1.807) is 0 Å². The molecule has 0 amide bonds. The van der Waals surface area contributed by atoms with Gasteiger partial charge in [-0.3, -0.25) is 0 Å². The number of hydrogen-bond donors (Lipinski definition) is 1. The van der Waals surface area contributed by atoms with E-state index in [0.717, 1.165) is 36.6 Å². The summed E-state index contributed by atoms with van der Waals surface area (Å²) >= 11 is 0. The first-order valence-corrected chi connectivity index (χ1v) is 6.57. The van der Waals surface area contributed by atoms with Gasteiger partial charge in [0.1, 0.15) is 0 Å². The van der Waals surface area contributed by atoms with Crippen LogP contribution in [0.4, 0.5) is 0 Å². The van der Waals surface area contributed by atoms with Gasteiger partial charge in [0.2, 0.25) is 6.79 Å². The molecule has 1 aliphatic heterocycles. The predicted octanol–water partition coefficient (Wildman–Crippen LogP) is 2.83. The Morgan fingerprint density at radius 3 is 3.00 bits per heavy atom. The van der Waals surface area contributed by atoms with Crippen LogP contribution in [0.1, 0.15) is 32.3 Å². The monoisotopic (exact) mass is 260 g/mol. The predicted molar refractivity (Wildman–Crippen MR) is 72.9 cm³/mol. The smallest absolute Gasteiger partial charge is 0.231 e. The minimum absolute atomic E-state index is 0.130. The van der Waals surface area contributed by atoms with Crippen LogP contribution in [0.25, 0.3) is 0 Å². The third-order valence-corrected chi connectivity index (χ3v) is 3.31. The van der Waals surface area contributed by atoms with E-state index in [1.807, 2.05) is 18.2 Å². The first-order chi connectivity index (χ1) is 9.12. The maximum Gasteiger partial charge on any atom is 0.231 e. The van der Waals surface area contributed by atoms with Gasteiger partial charge in [0.25, 0.3) is 0 Å². The highest BCUT2D eigenvalue weighted by atomic mass is 16.7. The Bertz CT molecular complexity index is 478. The minimum atomic E-state index is 0.130. The molecule has 0 saturated carbocycles. The van der Waals surface area contributed by atoms with Crippen molar-refractivity contribution in [3.63, 3.8) is 0 Å². The van der Waals surface area contributed by atoms with E-state index in [1.165, 1.54) is 0 Å². The Labute approximate surface area is 114 Å².